The first-order chi connectivity index (χ1) is 11.3. The molecule has 0 radical (unpaired) electrons. The van der Waals surface area contributed by atoms with Gasteiger partial charge in [-0.2, -0.15) is 8.78 Å². The van der Waals surface area contributed by atoms with E-state index >= 15 is 0 Å². The molecule has 130 valence electrons. The molecule has 1 aliphatic rings. The minimum Gasteiger partial charge on any atom is -0.469 e. The summed E-state index contributed by atoms with van der Waals surface area (Å²) in [5.41, 5.74) is 0.0260. The van der Waals surface area contributed by atoms with Crippen molar-refractivity contribution in [2.75, 3.05) is 12.0 Å². The summed E-state index contributed by atoms with van der Waals surface area (Å²) in [6.07, 6.45) is 0.00309. The topological polar surface area (TPSA) is 84.9 Å². The van der Waals surface area contributed by atoms with Crippen LogP contribution in [0.15, 0.2) is 18.2 Å². The summed E-state index contributed by atoms with van der Waals surface area (Å²) in [5.74, 6) is -1.49. The van der Waals surface area contributed by atoms with E-state index in [4.69, 9.17) is 11.6 Å². The van der Waals surface area contributed by atoms with Crippen LogP contribution in [-0.4, -0.2) is 37.7 Å². The molecule has 7 nitrogen and oxygen atoms in total. The molecule has 24 heavy (non-hydrogen) atoms. The number of alkyl halides is 2. The first kappa shape index (κ1) is 17.9. The second kappa shape index (κ2) is 7.43. The van der Waals surface area contributed by atoms with Crippen molar-refractivity contribution in [2.45, 2.75) is 25.5 Å². The number of ether oxygens (including phenoxy) is 2. The number of hydrogen-bond acceptors (Lipinski definition) is 5. The minimum absolute atomic E-state index is 0.0260. The lowest BCUT2D eigenvalue weighted by Gasteiger charge is -2.15. The number of nitrogens with one attached hydrogen (secondary N) is 1. The Balaban J connectivity index is 2.18. The molecule has 0 aromatic heterocycles. The second-order valence-electron chi connectivity index (χ2n) is 4.78. The number of carbonyl (C=O) groups excluding carboxylic acids is 3. The zero-order valence-electron chi connectivity index (χ0n) is 12.4. The lowest BCUT2D eigenvalue weighted by atomic mass is 10.1. The molecular formula is C14H13ClF2N2O5. The van der Waals surface area contributed by atoms with Crippen molar-refractivity contribution in [1.29, 1.82) is 0 Å². The number of halogens is 3. The molecule has 0 spiro atoms. The number of urea groups is 1. The number of carbonyl (C=O) groups is 3. The number of nitrogens with zero attached hydrogens (tertiary/aromatic N) is 1. The highest BCUT2D eigenvalue weighted by Crippen LogP contribution is 2.32. The molecule has 1 fully saturated rings. The molecule has 3 amide bonds. The molecule has 1 aromatic carbocycles. The number of amides is 3. The lowest BCUT2D eigenvalue weighted by Crippen LogP contribution is -2.31. The van der Waals surface area contributed by atoms with Gasteiger partial charge in [-0.3, -0.25) is 9.59 Å². The van der Waals surface area contributed by atoms with E-state index in [1.807, 2.05) is 0 Å². The Morgan fingerprint density at radius 3 is 2.75 bits per heavy atom. The van der Waals surface area contributed by atoms with E-state index in [-0.39, 0.29) is 29.3 Å². The summed E-state index contributed by atoms with van der Waals surface area (Å²) in [6, 6.07) is 1.97. The molecule has 1 aromatic rings. The molecule has 1 saturated heterocycles. The number of rotatable bonds is 6. The molecule has 0 bridgehead atoms. The maximum atomic E-state index is 12.4. The van der Waals surface area contributed by atoms with Gasteiger partial charge in [0.15, 0.2) is 0 Å². The maximum absolute atomic E-state index is 12.4. The van der Waals surface area contributed by atoms with E-state index in [0.717, 1.165) is 11.0 Å². The van der Waals surface area contributed by atoms with E-state index in [1.54, 1.807) is 0 Å². The molecule has 1 aliphatic heterocycles. The normalized spacial score (nSPS) is 17.2. The van der Waals surface area contributed by atoms with Gasteiger partial charge in [-0.15, -0.1) is 0 Å². The molecule has 10 heteroatoms. The first-order valence-corrected chi connectivity index (χ1v) is 7.17. The van der Waals surface area contributed by atoms with Crippen LogP contribution in [0.2, 0.25) is 5.02 Å². The van der Waals surface area contributed by atoms with Crippen molar-refractivity contribution in [1.82, 2.24) is 5.32 Å². The third-order valence-electron chi connectivity index (χ3n) is 3.27. The van der Waals surface area contributed by atoms with Crippen LogP contribution in [0.5, 0.6) is 5.75 Å². The number of methoxy groups -OCH3 is 1. The Morgan fingerprint density at radius 2 is 2.12 bits per heavy atom. The number of benzene rings is 1. The van der Waals surface area contributed by atoms with Crippen LogP contribution >= 0.6 is 11.6 Å². The SMILES string of the molecule is COC(=O)CC[C@H]1NC(=O)N(c2ccc(Cl)c(OC(F)F)c2)C1=O. The summed E-state index contributed by atoms with van der Waals surface area (Å²) >= 11 is 5.74. The standard InChI is InChI=1S/C14H13ClF2N2O5/c1-23-11(20)5-4-9-12(21)19(14(22)18-9)7-2-3-8(15)10(6-7)24-13(16)17/h2-3,6,9,13H,4-5H2,1H3,(H,18,22)/t9-/m1/s1. The van der Waals surface area contributed by atoms with Crippen LogP contribution in [0.4, 0.5) is 19.3 Å². The Morgan fingerprint density at radius 1 is 1.42 bits per heavy atom. The molecular weight excluding hydrogens is 350 g/mol. The van der Waals surface area contributed by atoms with Crippen molar-refractivity contribution in [2.24, 2.45) is 0 Å². The number of esters is 1. The van der Waals surface area contributed by atoms with Crippen LogP contribution in [0, 0.1) is 0 Å². The van der Waals surface area contributed by atoms with Gasteiger partial charge < -0.3 is 14.8 Å². The first-order valence-electron chi connectivity index (χ1n) is 6.79. The van der Waals surface area contributed by atoms with E-state index < -0.39 is 30.6 Å². The zero-order valence-corrected chi connectivity index (χ0v) is 13.2. The predicted molar refractivity (Wildman–Crippen MR) is 79.1 cm³/mol. The van der Waals surface area contributed by atoms with Crippen LogP contribution in [0.3, 0.4) is 0 Å². The van der Waals surface area contributed by atoms with Crippen LogP contribution in [0.25, 0.3) is 0 Å². The van der Waals surface area contributed by atoms with Gasteiger partial charge in [0.1, 0.15) is 11.8 Å². The average molecular weight is 363 g/mol. The number of anilines is 1. The summed E-state index contributed by atoms with van der Waals surface area (Å²) in [4.78, 5) is 36.2. The van der Waals surface area contributed by atoms with Crippen molar-refractivity contribution in [3.63, 3.8) is 0 Å². The van der Waals surface area contributed by atoms with E-state index in [1.165, 1.54) is 19.2 Å². The Hall–Kier alpha value is -2.42. The maximum Gasteiger partial charge on any atom is 0.387 e. The average Bonchev–Trinajstić information content (AvgIpc) is 2.81. The predicted octanol–water partition coefficient (Wildman–Crippen LogP) is 2.32. The molecule has 0 unspecified atom stereocenters. The molecule has 0 saturated carbocycles. The van der Waals surface area contributed by atoms with Crippen LogP contribution < -0.4 is 15.0 Å². The smallest absolute Gasteiger partial charge is 0.387 e. The van der Waals surface area contributed by atoms with Crippen LogP contribution in [0.1, 0.15) is 12.8 Å². The largest absolute Gasteiger partial charge is 0.469 e. The highest BCUT2D eigenvalue weighted by molar-refractivity contribution is 6.32. The number of hydrogen-bond donors (Lipinski definition) is 1. The van der Waals surface area contributed by atoms with E-state index in [9.17, 15) is 23.2 Å². The quantitative estimate of drug-likeness (QED) is 0.620. The van der Waals surface area contributed by atoms with Gasteiger partial charge in [0.2, 0.25) is 0 Å². The Kier molecular flexibility index (Phi) is 5.55. The highest BCUT2D eigenvalue weighted by atomic mass is 35.5. The Labute approximate surface area is 140 Å². The van der Waals surface area contributed by atoms with Gasteiger partial charge in [0.05, 0.1) is 17.8 Å². The third-order valence-corrected chi connectivity index (χ3v) is 3.59. The summed E-state index contributed by atoms with van der Waals surface area (Å²) < 4.78 is 33.4. The van der Waals surface area contributed by atoms with Crippen molar-refractivity contribution in [3.05, 3.63) is 23.2 Å². The monoisotopic (exact) mass is 362 g/mol. The van der Waals surface area contributed by atoms with Crippen molar-refractivity contribution < 1.29 is 32.6 Å². The molecule has 2 rings (SSSR count). The van der Waals surface area contributed by atoms with Crippen LogP contribution in [-0.2, 0) is 14.3 Å². The third kappa shape index (κ3) is 3.91. The van der Waals surface area contributed by atoms with Gasteiger partial charge in [-0.1, -0.05) is 11.6 Å². The van der Waals surface area contributed by atoms with Gasteiger partial charge in [-0.05, 0) is 18.6 Å². The van der Waals surface area contributed by atoms with E-state index in [0.29, 0.717) is 0 Å². The molecule has 1 N–H and O–H groups in total. The number of imide groups is 1. The summed E-state index contributed by atoms with van der Waals surface area (Å²) in [7, 11) is 1.21. The fourth-order valence-corrected chi connectivity index (χ4v) is 2.32. The van der Waals surface area contributed by atoms with Gasteiger partial charge in [-0.25, -0.2) is 9.69 Å². The molecule has 1 atom stereocenters. The summed E-state index contributed by atoms with van der Waals surface area (Å²) in [6.45, 7) is -3.10. The summed E-state index contributed by atoms with van der Waals surface area (Å²) in [5, 5.41) is 2.32. The Bertz CT molecular complexity index is 671. The lowest BCUT2D eigenvalue weighted by molar-refractivity contribution is -0.140. The van der Waals surface area contributed by atoms with Gasteiger partial charge in [0, 0.05) is 12.5 Å². The zero-order chi connectivity index (χ0) is 17.9. The minimum atomic E-state index is -3.10. The fourth-order valence-electron chi connectivity index (χ4n) is 2.15. The highest BCUT2D eigenvalue weighted by Gasteiger charge is 2.39. The van der Waals surface area contributed by atoms with Crippen molar-refractivity contribution >= 4 is 35.2 Å². The van der Waals surface area contributed by atoms with Gasteiger partial charge >= 0.3 is 18.6 Å². The van der Waals surface area contributed by atoms with E-state index in [2.05, 4.69) is 14.8 Å². The fraction of sp³-hybridized carbons (Fsp3) is 0.357. The molecule has 1 heterocycles. The van der Waals surface area contributed by atoms with Crippen molar-refractivity contribution in [3.8, 4) is 5.75 Å². The molecule has 0 aliphatic carbocycles. The van der Waals surface area contributed by atoms with Gasteiger partial charge in [0.25, 0.3) is 5.91 Å². The second-order valence-corrected chi connectivity index (χ2v) is 5.19.